The van der Waals surface area contributed by atoms with E-state index >= 15 is 4.39 Å². The van der Waals surface area contributed by atoms with Crippen molar-refractivity contribution in [3.05, 3.63) is 59.6 Å². The molecule has 1 aromatic heterocycles. The Hall–Kier alpha value is -3.77. The minimum atomic E-state index is -0.352. The van der Waals surface area contributed by atoms with Crippen molar-refractivity contribution < 1.29 is 14.0 Å². The third-order valence-electron chi connectivity index (χ3n) is 8.51. The molecule has 9 heteroatoms. The molecule has 6 rings (SSSR count). The van der Waals surface area contributed by atoms with E-state index in [2.05, 4.69) is 27.8 Å². The molecule has 1 unspecified atom stereocenters. The van der Waals surface area contributed by atoms with Gasteiger partial charge in [-0.05, 0) is 37.0 Å². The molecule has 38 heavy (non-hydrogen) atoms. The van der Waals surface area contributed by atoms with Crippen LogP contribution in [-0.4, -0.2) is 71.9 Å². The smallest absolute Gasteiger partial charge is 0.245 e. The van der Waals surface area contributed by atoms with Crippen molar-refractivity contribution in [3.63, 3.8) is 0 Å². The molecule has 2 amide bonds. The minimum Gasteiger partial charge on any atom is -0.355 e. The number of carbonyl (C=O) groups excluding carboxylic acids is 2. The Bertz CT molecular complexity index is 1360. The lowest BCUT2D eigenvalue weighted by molar-refractivity contribution is -0.136. The molecule has 1 atom stereocenters. The molecular weight excluding hydrogens is 483 g/mol. The number of halogens is 1. The molecule has 3 fully saturated rings. The van der Waals surface area contributed by atoms with Gasteiger partial charge in [0.25, 0.3) is 0 Å². The summed E-state index contributed by atoms with van der Waals surface area (Å²) in [5.74, 6) is 0.292. The van der Waals surface area contributed by atoms with Crippen molar-refractivity contribution in [2.45, 2.75) is 38.3 Å². The maximum atomic E-state index is 15.2. The van der Waals surface area contributed by atoms with Gasteiger partial charge < -0.3 is 15.1 Å². The van der Waals surface area contributed by atoms with Crippen molar-refractivity contribution in [2.75, 3.05) is 44.2 Å². The van der Waals surface area contributed by atoms with Gasteiger partial charge in [0, 0.05) is 74.8 Å². The number of benzene rings is 1. The molecule has 0 bridgehead atoms. The number of pyridine rings is 1. The molecule has 0 radical (unpaired) electrons. The first kappa shape index (κ1) is 24.6. The SMILES string of the molecule is C=CC(=O)N1CC2(CCN(c3nc4c(c(-c5ccccc5F)c3C#N)CCN(CC3CCC(=O)N3)C4)C2)C1. The molecule has 1 N–H and O–H groups in total. The molecule has 196 valence electrons. The number of rotatable bonds is 5. The maximum Gasteiger partial charge on any atom is 0.245 e. The Balaban J connectivity index is 1.35. The number of aromatic nitrogens is 1. The van der Waals surface area contributed by atoms with Gasteiger partial charge in [0.15, 0.2) is 0 Å². The van der Waals surface area contributed by atoms with Gasteiger partial charge in [0.05, 0.1) is 5.69 Å². The van der Waals surface area contributed by atoms with Gasteiger partial charge in [-0.25, -0.2) is 9.37 Å². The molecule has 8 nitrogen and oxygen atoms in total. The molecule has 3 saturated heterocycles. The summed E-state index contributed by atoms with van der Waals surface area (Å²) in [6, 6.07) is 9.15. The number of nitrogens with one attached hydrogen (secondary N) is 1. The highest BCUT2D eigenvalue weighted by Gasteiger charge is 2.49. The van der Waals surface area contributed by atoms with Crippen LogP contribution >= 0.6 is 0 Å². The van der Waals surface area contributed by atoms with Crippen LogP contribution in [0.1, 0.15) is 36.1 Å². The number of carbonyl (C=O) groups is 2. The van der Waals surface area contributed by atoms with Crippen LogP contribution in [0, 0.1) is 22.6 Å². The molecule has 0 saturated carbocycles. The lowest BCUT2D eigenvalue weighted by atomic mass is 9.79. The van der Waals surface area contributed by atoms with Crippen molar-refractivity contribution in [3.8, 4) is 17.2 Å². The van der Waals surface area contributed by atoms with E-state index in [1.807, 2.05) is 0 Å². The quantitative estimate of drug-likeness (QED) is 0.617. The van der Waals surface area contributed by atoms with Crippen LogP contribution in [-0.2, 0) is 22.6 Å². The molecule has 1 spiro atoms. The fraction of sp³-hybridized carbons (Fsp3) is 0.448. The Labute approximate surface area is 221 Å². The van der Waals surface area contributed by atoms with Crippen LogP contribution in [0.25, 0.3) is 11.1 Å². The Morgan fingerprint density at radius 1 is 1.26 bits per heavy atom. The summed E-state index contributed by atoms with van der Waals surface area (Å²) in [4.78, 5) is 35.0. The van der Waals surface area contributed by atoms with E-state index in [1.165, 1.54) is 12.1 Å². The highest BCUT2D eigenvalue weighted by molar-refractivity contribution is 5.88. The number of nitrogens with zero attached hydrogens (tertiary/aromatic N) is 5. The zero-order valence-corrected chi connectivity index (χ0v) is 21.4. The first-order valence-electron chi connectivity index (χ1n) is 13.3. The third kappa shape index (κ3) is 4.23. The number of likely N-dealkylation sites (tertiary alicyclic amines) is 1. The standard InChI is InChI=1S/C29H31FN6O2/c1-2-26(38)36-17-29(18-36)10-12-35(16-29)28-22(13-31)27(20-5-3-4-6-23(20)30)21-9-11-34(15-24(21)33-28)14-19-7-8-25(37)32-19/h2-6,19H,1,7-12,14-18H2,(H,32,37). The van der Waals surface area contributed by atoms with E-state index in [1.54, 1.807) is 23.1 Å². The third-order valence-corrected chi connectivity index (χ3v) is 8.51. The minimum absolute atomic E-state index is 0.0200. The van der Waals surface area contributed by atoms with E-state index in [4.69, 9.17) is 4.98 Å². The molecular formula is C29H31FN6O2. The predicted molar refractivity (Wildman–Crippen MR) is 141 cm³/mol. The first-order chi connectivity index (χ1) is 18.4. The fourth-order valence-corrected chi connectivity index (χ4v) is 6.62. The van der Waals surface area contributed by atoms with Crippen LogP contribution < -0.4 is 10.2 Å². The maximum absolute atomic E-state index is 15.2. The summed E-state index contributed by atoms with van der Waals surface area (Å²) in [6.45, 7) is 8.44. The zero-order chi connectivity index (χ0) is 26.4. The molecule has 4 aliphatic heterocycles. The highest BCUT2D eigenvalue weighted by Crippen LogP contribution is 2.44. The molecule has 2 aromatic rings. The second-order valence-electron chi connectivity index (χ2n) is 11.1. The monoisotopic (exact) mass is 514 g/mol. The molecule has 5 heterocycles. The number of nitriles is 1. The van der Waals surface area contributed by atoms with Crippen LogP contribution in [0.5, 0.6) is 0 Å². The Kier molecular flexibility index (Phi) is 6.15. The van der Waals surface area contributed by atoms with Crippen LogP contribution in [0.15, 0.2) is 36.9 Å². The van der Waals surface area contributed by atoms with Gasteiger partial charge in [-0.2, -0.15) is 5.26 Å². The summed E-state index contributed by atoms with van der Waals surface area (Å²) in [6.07, 6.45) is 4.30. The van der Waals surface area contributed by atoms with E-state index in [0.29, 0.717) is 61.5 Å². The normalized spacial score (nSPS) is 22.1. The zero-order valence-electron chi connectivity index (χ0n) is 21.4. The van der Waals surface area contributed by atoms with E-state index in [0.717, 1.165) is 43.7 Å². The summed E-state index contributed by atoms with van der Waals surface area (Å²) >= 11 is 0. The summed E-state index contributed by atoms with van der Waals surface area (Å²) < 4.78 is 15.2. The summed E-state index contributed by atoms with van der Waals surface area (Å²) in [5.41, 5.74) is 3.28. The van der Waals surface area contributed by atoms with Crippen molar-refractivity contribution in [1.82, 2.24) is 20.1 Å². The largest absolute Gasteiger partial charge is 0.355 e. The number of hydrogen-bond acceptors (Lipinski definition) is 6. The van der Waals surface area contributed by atoms with Gasteiger partial charge in [-0.3, -0.25) is 14.5 Å². The number of anilines is 1. The second kappa shape index (κ2) is 9.52. The van der Waals surface area contributed by atoms with Gasteiger partial charge in [-0.15, -0.1) is 0 Å². The van der Waals surface area contributed by atoms with E-state index in [9.17, 15) is 14.9 Å². The average molecular weight is 515 g/mol. The summed E-state index contributed by atoms with van der Waals surface area (Å²) in [5, 5.41) is 13.4. The fourth-order valence-electron chi connectivity index (χ4n) is 6.62. The number of fused-ring (bicyclic) bond motifs is 1. The number of amides is 2. The van der Waals surface area contributed by atoms with Crippen LogP contribution in [0.3, 0.4) is 0 Å². The Morgan fingerprint density at radius 2 is 2.08 bits per heavy atom. The van der Waals surface area contributed by atoms with Crippen LogP contribution in [0.2, 0.25) is 0 Å². The lowest BCUT2D eigenvalue weighted by Gasteiger charge is -2.47. The van der Waals surface area contributed by atoms with Crippen molar-refractivity contribution in [1.29, 1.82) is 5.26 Å². The predicted octanol–water partition coefficient (Wildman–Crippen LogP) is 2.62. The van der Waals surface area contributed by atoms with E-state index in [-0.39, 0.29) is 29.1 Å². The lowest BCUT2D eigenvalue weighted by Crippen LogP contribution is -2.59. The van der Waals surface area contributed by atoms with E-state index < -0.39 is 0 Å². The molecule has 4 aliphatic rings. The van der Waals surface area contributed by atoms with Gasteiger partial charge in [0.1, 0.15) is 23.3 Å². The molecule has 1 aromatic carbocycles. The van der Waals surface area contributed by atoms with Gasteiger partial charge in [-0.1, -0.05) is 24.8 Å². The Morgan fingerprint density at radius 3 is 2.79 bits per heavy atom. The van der Waals surface area contributed by atoms with Crippen molar-refractivity contribution >= 4 is 17.6 Å². The molecule has 0 aliphatic carbocycles. The summed E-state index contributed by atoms with van der Waals surface area (Å²) in [7, 11) is 0. The van der Waals surface area contributed by atoms with Gasteiger partial charge >= 0.3 is 0 Å². The average Bonchev–Trinajstić information content (AvgIpc) is 3.53. The van der Waals surface area contributed by atoms with Gasteiger partial charge in [0.2, 0.25) is 11.8 Å². The highest BCUT2D eigenvalue weighted by atomic mass is 19.1. The topological polar surface area (TPSA) is 92.6 Å². The number of hydrogen-bond donors (Lipinski definition) is 1. The first-order valence-corrected chi connectivity index (χ1v) is 13.3. The second-order valence-corrected chi connectivity index (χ2v) is 11.1. The van der Waals surface area contributed by atoms with Crippen LogP contribution in [0.4, 0.5) is 10.2 Å². The van der Waals surface area contributed by atoms with Crippen molar-refractivity contribution in [2.24, 2.45) is 5.41 Å².